The van der Waals surface area contributed by atoms with Crippen molar-refractivity contribution >= 4 is 34.4 Å². The first-order chi connectivity index (χ1) is 45.8. The highest BCUT2D eigenvalue weighted by atomic mass is 32.1. The van der Waals surface area contributed by atoms with Crippen molar-refractivity contribution in [2.45, 2.75) is 201 Å². The third-order valence-corrected chi connectivity index (χ3v) is 10.6. The van der Waals surface area contributed by atoms with E-state index in [1.807, 2.05) is 173 Å². The number of oxazole rings is 2. The zero-order valence-electron chi connectivity index (χ0n) is 62.1. The first-order valence-electron chi connectivity index (χ1n) is 30.2. The van der Waals surface area contributed by atoms with E-state index >= 15 is 0 Å². The Morgan fingerprint density at radius 2 is 0.740 bits per heavy atom. The maximum Gasteiger partial charge on any atom is 0.223 e. The Labute approximate surface area is 577 Å². The van der Waals surface area contributed by atoms with E-state index in [0.717, 1.165) is 72.1 Å². The molecule has 0 unspecified atom stereocenters. The Balaban J connectivity index is -0.000000308. The number of rotatable bonds is 0. The number of nitrogens with one attached hydrogen (secondary N) is 3. The number of hydrogen-bond acceptors (Lipinski definition) is 32. The third-order valence-electron chi connectivity index (χ3n) is 8.42. The van der Waals surface area contributed by atoms with Gasteiger partial charge in [-0.3, -0.25) is 20.0 Å². The highest BCUT2D eigenvalue weighted by Gasteiger charge is 1.95. The van der Waals surface area contributed by atoms with Crippen LogP contribution < -0.4 is 0 Å². The van der Waals surface area contributed by atoms with E-state index < -0.39 is 0 Å². The lowest BCUT2D eigenvalue weighted by atomic mass is 10.4. The maximum atomic E-state index is 4.86. The quantitative estimate of drug-likeness (QED) is 0.127. The molecule has 13 rings (SSSR count). The first-order valence-corrected chi connectivity index (χ1v) is 32.5. The molecule has 0 aliphatic rings. The minimum Gasteiger partial charge on any atom is -0.449 e. The number of nitrogens with zero attached hydrogens (tertiary/aromatic N) is 26. The van der Waals surface area contributed by atoms with E-state index in [4.69, 9.17) is 13.3 Å². The average Bonchev–Trinajstić information content (AvgIpc) is 3.79. The second kappa shape index (κ2) is 64.0. The van der Waals surface area contributed by atoms with Crippen LogP contribution in [0.5, 0.6) is 0 Å². The first kappa shape index (κ1) is 94.9. The lowest BCUT2D eigenvalue weighted by molar-refractivity contribution is 0.389. The second-order valence-corrected chi connectivity index (χ2v) is 19.8. The van der Waals surface area contributed by atoms with E-state index in [-0.39, 0.29) is 0 Å². The molecule has 0 atom stereocenters. The second-order valence-electron chi connectivity index (χ2n) is 16.5. The summed E-state index contributed by atoms with van der Waals surface area (Å²) < 4.78 is 35.1. The molecule has 0 saturated carbocycles. The van der Waals surface area contributed by atoms with Crippen LogP contribution in [0.1, 0.15) is 177 Å². The molecule has 0 spiro atoms. The number of H-pyrrole nitrogens is 3. The summed E-state index contributed by atoms with van der Waals surface area (Å²) in [6.45, 7) is 55.4. The summed E-state index contributed by atoms with van der Waals surface area (Å²) in [5.74, 6) is 10.0. The molecule has 0 aliphatic heterocycles. The summed E-state index contributed by atoms with van der Waals surface area (Å²) in [7, 11) is 3.70. The van der Waals surface area contributed by atoms with Crippen molar-refractivity contribution in [3.05, 3.63) is 164 Å². The van der Waals surface area contributed by atoms with Crippen molar-refractivity contribution < 1.29 is 22.3 Å². The molecule has 13 aromatic rings. The lowest BCUT2D eigenvalue weighted by Gasteiger charge is -1.76. The molecule has 0 aromatic carbocycles. The van der Waals surface area contributed by atoms with Gasteiger partial charge < -0.3 is 26.9 Å². The molecular weight excluding hydrogens is 1290 g/mol. The molecule has 13 aromatic heterocycles. The highest BCUT2D eigenvalue weighted by molar-refractivity contribution is 7.11. The van der Waals surface area contributed by atoms with Crippen LogP contribution in [-0.2, 0) is 14.1 Å². The zero-order chi connectivity index (χ0) is 74.2. The van der Waals surface area contributed by atoms with E-state index in [2.05, 4.69) is 144 Å². The van der Waals surface area contributed by atoms with E-state index in [1.165, 1.54) is 61.2 Å². The SMILES string of the molecule is CC.CC.CC.CC.CC.Cc1ncn[nH]1.Cc1ncn[nH]1.Cc1ncn[nH]1.Cc1ncoc1C.Cc1ncoc1C.Cc1nnc(C)o1.Cc1nnc(C)s1.Cc1noc(C)n1.Cc1noc(C)n1.Cc1nsc(C)n1.Cc1nsc(C)n1.Cn1cncn1.Cn1cnnc1. The molecule has 534 valence electrons. The number of hydrogen-bond donors (Lipinski definition) is 3. The topological polar surface area (TPSA) is 432 Å². The molecule has 34 nitrogen and oxygen atoms in total. The Kier molecular flexibility index (Phi) is 63.2. The Morgan fingerprint density at radius 1 is 0.385 bits per heavy atom. The number of aromatic amines is 3. The summed E-state index contributed by atoms with van der Waals surface area (Å²) >= 11 is 4.51. The van der Waals surface area contributed by atoms with Crippen LogP contribution in [-0.4, -0.2) is 144 Å². The minimum absolute atomic E-state index is 0.623. The summed E-state index contributed by atoms with van der Waals surface area (Å²) in [6.07, 6.45) is 13.8. The van der Waals surface area contributed by atoms with Crippen molar-refractivity contribution in [1.29, 1.82) is 0 Å². The third kappa shape index (κ3) is 59.2. The van der Waals surface area contributed by atoms with Gasteiger partial charge in [-0.25, -0.2) is 39.9 Å². The normalized spacial score (nSPS) is 8.57. The van der Waals surface area contributed by atoms with Gasteiger partial charge in [-0.05, 0) is 127 Å². The molecule has 0 radical (unpaired) electrons. The minimum atomic E-state index is 0.623. The molecule has 3 N–H and O–H groups in total. The summed E-state index contributed by atoms with van der Waals surface area (Å²) in [5, 5.41) is 55.5. The van der Waals surface area contributed by atoms with Crippen molar-refractivity contribution in [2.75, 3.05) is 0 Å². The zero-order valence-corrected chi connectivity index (χ0v) is 64.5. The van der Waals surface area contributed by atoms with E-state index in [1.54, 1.807) is 81.1 Å². The standard InChI is InChI=1S/2C5H7NO.3C4H6N2O.3C4H6N2S.5C3H5N3.5C2H6/c2*1-4-5(2)7-3-6-4;1-3-5-6-4(2)7-3;2*1-3-5-4(2)7-6-3;1-3-5-6-4(2)7-3;2*1-3-5-4(2)7-6-3;1-6-2-4-5-3-6;1-6-3-4-2-5-6;3*1-3-4-2-5-6-3;5*1-2/h2*3H,1-2H3;6*1-2H3;2*2-3H,1H3;3*2H,1H3,(H,4,5,6);5*1-2H3. The Morgan fingerprint density at radius 3 is 0.823 bits per heavy atom. The van der Waals surface area contributed by atoms with Crippen molar-refractivity contribution in [3.8, 4) is 0 Å². The van der Waals surface area contributed by atoms with Crippen LogP contribution in [0, 0.1) is 132 Å². The molecule has 0 bridgehead atoms. The van der Waals surface area contributed by atoms with E-state index in [0.29, 0.717) is 35.2 Å². The fourth-order valence-corrected chi connectivity index (χ4v) is 5.98. The summed E-state index contributed by atoms with van der Waals surface area (Å²) in [4.78, 5) is 38.3. The molecule has 0 aliphatic carbocycles. The van der Waals surface area contributed by atoms with Gasteiger partial charge in [0, 0.05) is 41.8 Å². The van der Waals surface area contributed by atoms with Crippen molar-refractivity contribution in [3.63, 3.8) is 0 Å². The van der Waals surface area contributed by atoms with Gasteiger partial charge in [0.1, 0.15) is 105 Å². The van der Waals surface area contributed by atoms with Gasteiger partial charge in [-0.2, -0.15) is 39.1 Å². The van der Waals surface area contributed by atoms with Crippen molar-refractivity contribution in [1.82, 2.24) is 144 Å². The van der Waals surface area contributed by atoms with Crippen molar-refractivity contribution in [2.24, 2.45) is 14.1 Å². The predicted octanol–water partition coefficient (Wildman–Crippen LogP) is 13.2. The average molecular weight is 1400 g/mol. The van der Waals surface area contributed by atoms with Gasteiger partial charge in [0.2, 0.25) is 23.6 Å². The summed E-state index contributed by atoms with van der Waals surface area (Å²) in [5.41, 5.74) is 1.94. The van der Waals surface area contributed by atoms with Crippen LogP contribution >= 0.6 is 34.4 Å². The van der Waals surface area contributed by atoms with Crippen LogP contribution in [0.2, 0.25) is 0 Å². The molecular formula is C59H105N29O5S3. The van der Waals surface area contributed by atoms with Gasteiger partial charge in [-0.1, -0.05) is 79.6 Å². The fraction of sp³-hybridized carbons (Fsp3) is 0.525. The number of aryl methyl sites for hydroxylation is 21. The highest BCUT2D eigenvalue weighted by Crippen LogP contribution is 2.04. The van der Waals surface area contributed by atoms with E-state index in [9.17, 15) is 0 Å². The molecule has 96 heavy (non-hydrogen) atoms. The smallest absolute Gasteiger partial charge is 0.223 e. The largest absolute Gasteiger partial charge is 0.449 e. The summed E-state index contributed by atoms with van der Waals surface area (Å²) in [6, 6.07) is 0. The fourth-order valence-electron chi connectivity index (χ4n) is 4.43. The number of aromatic nitrogens is 29. The van der Waals surface area contributed by atoms with Gasteiger partial charge in [0.25, 0.3) is 0 Å². The van der Waals surface area contributed by atoms with Crippen LogP contribution in [0.15, 0.2) is 79.4 Å². The monoisotopic (exact) mass is 1400 g/mol. The lowest BCUT2D eigenvalue weighted by Crippen LogP contribution is -1.83. The maximum absolute atomic E-state index is 4.86. The van der Waals surface area contributed by atoms with Crippen LogP contribution in [0.3, 0.4) is 0 Å². The predicted molar refractivity (Wildman–Crippen MR) is 374 cm³/mol. The Bertz CT molecular complexity index is 2910. The molecule has 0 fully saturated rings. The van der Waals surface area contributed by atoms with Gasteiger partial charge >= 0.3 is 0 Å². The van der Waals surface area contributed by atoms with Gasteiger partial charge in [0.05, 0.1) is 11.4 Å². The molecule has 37 heteroatoms. The van der Waals surface area contributed by atoms with Crippen LogP contribution in [0.25, 0.3) is 0 Å². The van der Waals surface area contributed by atoms with Crippen LogP contribution in [0.4, 0.5) is 0 Å². The van der Waals surface area contributed by atoms with Gasteiger partial charge in [0.15, 0.2) is 24.4 Å². The molecule has 13 heterocycles. The molecule has 0 saturated heterocycles. The molecule has 0 amide bonds. The van der Waals surface area contributed by atoms with Gasteiger partial charge in [-0.15, -0.1) is 41.9 Å². The Hall–Kier alpha value is -9.78.